The number of unbranched alkanes of at least 4 members (excludes halogenated alkanes) is 2. The molecule has 0 aliphatic carbocycles. The molecule has 2 atom stereocenters. The van der Waals surface area contributed by atoms with Gasteiger partial charge in [0.25, 0.3) is 0 Å². The van der Waals surface area contributed by atoms with Gasteiger partial charge in [0, 0.05) is 17.1 Å². The van der Waals surface area contributed by atoms with Crippen LogP contribution < -0.4 is 5.32 Å². The van der Waals surface area contributed by atoms with Gasteiger partial charge in [0.05, 0.1) is 0 Å². The van der Waals surface area contributed by atoms with Crippen LogP contribution in [0.1, 0.15) is 58.1 Å². The van der Waals surface area contributed by atoms with Gasteiger partial charge in [-0.25, -0.2) is 0 Å². The lowest BCUT2D eigenvalue weighted by atomic mass is 10.1. The summed E-state index contributed by atoms with van der Waals surface area (Å²) in [6.45, 7) is 6.72. The lowest BCUT2D eigenvalue weighted by Crippen LogP contribution is -2.28. The van der Waals surface area contributed by atoms with Crippen molar-refractivity contribution in [3.8, 4) is 0 Å². The predicted octanol–water partition coefficient (Wildman–Crippen LogP) is 4.96. The van der Waals surface area contributed by atoms with Crippen LogP contribution in [0.2, 0.25) is 5.02 Å². The highest BCUT2D eigenvalue weighted by atomic mass is 35.5. The van der Waals surface area contributed by atoms with Crippen molar-refractivity contribution in [2.75, 3.05) is 0 Å². The Bertz CT molecular complexity index is 307. The van der Waals surface area contributed by atoms with Gasteiger partial charge in [-0.1, -0.05) is 49.9 Å². The van der Waals surface area contributed by atoms with Crippen LogP contribution >= 0.6 is 11.6 Å². The maximum Gasteiger partial charge on any atom is 0.0406 e. The Morgan fingerprint density at radius 2 is 1.76 bits per heavy atom. The van der Waals surface area contributed by atoms with Gasteiger partial charge in [-0.15, -0.1) is 0 Å². The van der Waals surface area contributed by atoms with Gasteiger partial charge in [0.15, 0.2) is 0 Å². The highest BCUT2D eigenvalue weighted by molar-refractivity contribution is 6.30. The fourth-order valence-electron chi connectivity index (χ4n) is 2.06. The van der Waals surface area contributed by atoms with E-state index in [1.54, 1.807) is 0 Å². The van der Waals surface area contributed by atoms with Gasteiger partial charge < -0.3 is 5.32 Å². The third kappa shape index (κ3) is 5.56. The summed E-state index contributed by atoms with van der Waals surface area (Å²) in [6.07, 6.45) is 5.20. The molecule has 1 aromatic carbocycles. The highest BCUT2D eigenvalue weighted by Crippen LogP contribution is 2.17. The van der Waals surface area contributed by atoms with Crippen molar-refractivity contribution >= 4 is 11.6 Å². The maximum absolute atomic E-state index is 5.89. The molecular formula is C15H24ClN. The number of halogens is 1. The molecule has 1 unspecified atom stereocenters. The molecule has 1 aromatic rings. The Hall–Kier alpha value is -0.530. The maximum atomic E-state index is 5.89. The van der Waals surface area contributed by atoms with Crippen molar-refractivity contribution in [1.82, 2.24) is 5.32 Å². The van der Waals surface area contributed by atoms with Crippen LogP contribution in [-0.2, 0) is 0 Å². The summed E-state index contributed by atoms with van der Waals surface area (Å²) in [7, 11) is 0. The third-order valence-corrected chi connectivity index (χ3v) is 3.40. The van der Waals surface area contributed by atoms with Crippen LogP contribution in [0.5, 0.6) is 0 Å². The van der Waals surface area contributed by atoms with Crippen molar-refractivity contribution in [3.05, 3.63) is 34.9 Å². The Labute approximate surface area is 111 Å². The second-order valence-electron chi connectivity index (χ2n) is 4.84. The summed E-state index contributed by atoms with van der Waals surface area (Å²) >= 11 is 5.89. The van der Waals surface area contributed by atoms with Crippen molar-refractivity contribution in [1.29, 1.82) is 0 Å². The Morgan fingerprint density at radius 3 is 2.35 bits per heavy atom. The van der Waals surface area contributed by atoms with Crippen LogP contribution in [0, 0.1) is 0 Å². The summed E-state index contributed by atoms with van der Waals surface area (Å²) < 4.78 is 0. The molecule has 0 aromatic heterocycles. The lowest BCUT2D eigenvalue weighted by Gasteiger charge is -2.20. The second kappa shape index (κ2) is 7.73. The van der Waals surface area contributed by atoms with Gasteiger partial charge in [0.2, 0.25) is 0 Å². The number of benzene rings is 1. The third-order valence-electron chi connectivity index (χ3n) is 3.15. The zero-order valence-electron chi connectivity index (χ0n) is 11.2. The molecule has 1 N–H and O–H groups in total. The largest absolute Gasteiger partial charge is 0.308 e. The highest BCUT2D eigenvalue weighted by Gasteiger charge is 2.08. The van der Waals surface area contributed by atoms with E-state index in [0.29, 0.717) is 12.1 Å². The van der Waals surface area contributed by atoms with E-state index in [1.165, 1.54) is 31.2 Å². The van der Waals surface area contributed by atoms with Crippen LogP contribution in [0.3, 0.4) is 0 Å². The summed E-state index contributed by atoms with van der Waals surface area (Å²) in [4.78, 5) is 0. The zero-order chi connectivity index (χ0) is 12.7. The molecule has 0 saturated carbocycles. The minimum absolute atomic E-state index is 0.392. The van der Waals surface area contributed by atoms with E-state index in [9.17, 15) is 0 Å². The number of hydrogen-bond donors (Lipinski definition) is 1. The number of rotatable bonds is 7. The fraction of sp³-hybridized carbons (Fsp3) is 0.600. The molecule has 1 nitrogen and oxygen atoms in total. The van der Waals surface area contributed by atoms with Gasteiger partial charge in [-0.2, -0.15) is 0 Å². The van der Waals surface area contributed by atoms with E-state index in [0.717, 1.165) is 5.02 Å². The molecule has 0 radical (unpaired) electrons. The molecule has 0 saturated heterocycles. The molecule has 96 valence electrons. The molecule has 2 heteroatoms. The zero-order valence-corrected chi connectivity index (χ0v) is 11.9. The first kappa shape index (κ1) is 14.5. The average molecular weight is 254 g/mol. The topological polar surface area (TPSA) is 12.0 Å². The van der Waals surface area contributed by atoms with E-state index in [2.05, 4.69) is 38.2 Å². The quantitative estimate of drug-likeness (QED) is 0.678. The summed E-state index contributed by atoms with van der Waals surface area (Å²) in [5.41, 5.74) is 1.30. The fourth-order valence-corrected chi connectivity index (χ4v) is 2.18. The Balaban J connectivity index is 2.37. The summed E-state index contributed by atoms with van der Waals surface area (Å²) in [5, 5.41) is 4.43. The van der Waals surface area contributed by atoms with Crippen molar-refractivity contribution in [2.24, 2.45) is 0 Å². The molecule has 0 aliphatic rings. The molecule has 0 fully saturated rings. The van der Waals surface area contributed by atoms with Crippen molar-refractivity contribution in [2.45, 2.75) is 58.5 Å². The average Bonchev–Trinajstić information content (AvgIpc) is 2.30. The molecule has 1 rings (SSSR count). The SMILES string of the molecule is CCCCCC(C)N[C@@H](C)c1ccc(Cl)cc1. The van der Waals surface area contributed by atoms with E-state index < -0.39 is 0 Å². The first-order valence-electron chi connectivity index (χ1n) is 6.65. The van der Waals surface area contributed by atoms with Crippen LogP contribution in [0.4, 0.5) is 0 Å². The second-order valence-corrected chi connectivity index (χ2v) is 5.27. The molecule has 0 spiro atoms. The minimum atomic E-state index is 0.392. The monoisotopic (exact) mass is 253 g/mol. The van der Waals surface area contributed by atoms with Crippen molar-refractivity contribution in [3.63, 3.8) is 0 Å². The van der Waals surface area contributed by atoms with Gasteiger partial charge >= 0.3 is 0 Å². The Kier molecular flexibility index (Phi) is 6.61. The van der Waals surface area contributed by atoms with Gasteiger partial charge in [0.1, 0.15) is 0 Å². The molecule has 0 amide bonds. The predicted molar refractivity (Wildman–Crippen MR) is 76.6 cm³/mol. The minimum Gasteiger partial charge on any atom is -0.308 e. The van der Waals surface area contributed by atoms with Crippen molar-refractivity contribution < 1.29 is 0 Å². The van der Waals surface area contributed by atoms with Gasteiger partial charge in [-0.3, -0.25) is 0 Å². The lowest BCUT2D eigenvalue weighted by molar-refractivity contribution is 0.440. The van der Waals surface area contributed by atoms with Gasteiger partial charge in [-0.05, 0) is 38.0 Å². The Morgan fingerprint density at radius 1 is 1.12 bits per heavy atom. The molecular weight excluding hydrogens is 230 g/mol. The van der Waals surface area contributed by atoms with E-state index in [1.807, 2.05) is 12.1 Å². The number of nitrogens with one attached hydrogen (secondary N) is 1. The standard InChI is InChI=1S/C15H24ClN/c1-4-5-6-7-12(2)17-13(3)14-8-10-15(16)11-9-14/h8-13,17H,4-7H2,1-3H3/t12?,13-/m0/s1. The van der Waals surface area contributed by atoms with E-state index in [-0.39, 0.29) is 0 Å². The van der Waals surface area contributed by atoms with Crippen LogP contribution in [-0.4, -0.2) is 6.04 Å². The normalized spacial score (nSPS) is 14.6. The first-order valence-corrected chi connectivity index (χ1v) is 7.02. The molecule has 0 bridgehead atoms. The van der Waals surface area contributed by atoms with E-state index in [4.69, 9.17) is 11.6 Å². The molecule has 17 heavy (non-hydrogen) atoms. The van der Waals surface area contributed by atoms with Crippen LogP contribution in [0.15, 0.2) is 24.3 Å². The molecule has 0 aliphatic heterocycles. The van der Waals surface area contributed by atoms with Crippen LogP contribution in [0.25, 0.3) is 0 Å². The van der Waals surface area contributed by atoms with E-state index >= 15 is 0 Å². The first-order chi connectivity index (χ1) is 8.13. The number of hydrogen-bond acceptors (Lipinski definition) is 1. The molecule has 0 heterocycles. The smallest absolute Gasteiger partial charge is 0.0406 e. The summed E-state index contributed by atoms with van der Waals surface area (Å²) in [6, 6.07) is 9.07. The summed E-state index contributed by atoms with van der Waals surface area (Å²) in [5.74, 6) is 0.